The van der Waals surface area contributed by atoms with Gasteiger partial charge in [-0.3, -0.25) is 0 Å². The first kappa shape index (κ1) is 16.1. The van der Waals surface area contributed by atoms with Gasteiger partial charge in [-0.1, -0.05) is 36.5 Å². The van der Waals surface area contributed by atoms with E-state index in [1.165, 1.54) is 11.3 Å². The fourth-order valence-corrected chi connectivity index (χ4v) is 4.17. The number of nitrogens with one attached hydrogen (secondary N) is 1. The quantitative estimate of drug-likeness (QED) is 0.792. The molecule has 21 heavy (non-hydrogen) atoms. The van der Waals surface area contributed by atoms with Gasteiger partial charge in [0.15, 0.2) is 0 Å². The van der Waals surface area contributed by atoms with Gasteiger partial charge in [-0.15, -0.1) is 11.3 Å². The minimum atomic E-state index is -3.44. The fraction of sp³-hybridized carbons (Fsp3) is 0.214. The van der Waals surface area contributed by atoms with E-state index in [-0.39, 0.29) is 10.7 Å². The summed E-state index contributed by atoms with van der Waals surface area (Å²) in [6, 6.07) is 8.99. The third-order valence-corrected chi connectivity index (χ3v) is 5.57. The van der Waals surface area contributed by atoms with Gasteiger partial charge in [0.2, 0.25) is 10.0 Å². The molecule has 2 rings (SSSR count). The minimum absolute atomic E-state index is 0.134. The molecule has 0 aliphatic carbocycles. The Morgan fingerprint density at radius 2 is 2.05 bits per heavy atom. The van der Waals surface area contributed by atoms with Gasteiger partial charge < -0.3 is 5.73 Å². The van der Waals surface area contributed by atoms with Crippen LogP contribution in [0.3, 0.4) is 0 Å². The van der Waals surface area contributed by atoms with Crippen molar-refractivity contribution in [1.82, 2.24) is 4.72 Å². The third-order valence-electron chi connectivity index (χ3n) is 3.05. The summed E-state index contributed by atoms with van der Waals surface area (Å²) in [5.74, 6) is -0.134. The molecule has 1 aromatic heterocycles. The lowest BCUT2D eigenvalue weighted by Gasteiger charge is -2.10. The molecule has 0 fully saturated rings. The molecule has 3 N–H and O–H groups in total. The second-order valence-corrected chi connectivity index (χ2v) is 7.88. The molecule has 0 bridgehead atoms. The maximum atomic E-state index is 12.2. The van der Waals surface area contributed by atoms with E-state index in [2.05, 4.69) is 4.72 Å². The van der Waals surface area contributed by atoms with Crippen LogP contribution in [-0.2, 0) is 22.3 Å². The first-order valence-electron chi connectivity index (χ1n) is 6.27. The van der Waals surface area contributed by atoms with Crippen molar-refractivity contribution >= 4 is 38.6 Å². The maximum absolute atomic E-state index is 12.2. The number of hydrogen-bond donors (Lipinski definition) is 2. The van der Waals surface area contributed by atoms with E-state index in [9.17, 15) is 8.42 Å². The Balaban J connectivity index is 2.11. The van der Waals surface area contributed by atoms with Crippen LogP contribution in [0.15, 0.2) is 35.7 Å². The summed E-state index contributed by atoms with van der Waals surface area (Å²) in [6.45, 7) is 2.27. The van der Waals surface area contributed by atoms with Gasteiger partial charge in [0, 0.05) is 17.0 Å². The predicted molar refractivity (Wildman–Crippen MR) is 90.8 cm³/mol. The molecule has 1 heterocycles. The molecule has 0 atom stereocenters. The molecular weight excluding hydrogens is 324 g/mol. The summed E-state index contributed by atoms with van der Waals surface area (Å²) in [4.78, 5) is 1.22. The molecule has 0 unspecified atom stereocenters. The summed E-state index contributed by atoms with van der Waals surface area (Å²) >= 11 is 6.49. The van der Waals surface area contributed by atoms with E-state index in [0.717, 1.165) is 10.4 Å². The van der Waals surface area contributed by atoms with Gasteiger partial charge in [0.1, 0.15) is 4.99 Å². The summed E-state index contributed by atoms with van der Waals surface area (Å²) in [6.07, 6.45) is 0. The summed E-state index contributed by atoms with van der Waals surface area (Å²) in [5.41, 5.74) is 7.92. The monoisotopic (exact) mass is 340 g/mol. The van der Waals surface area contributed by atoms with E-state index in [1.807, 2.05) is 18.4 Å². The van der Waals surface area contributed by atoms with Crippen molar-refractivity contribution in [3.63, 3.8) is 0 Å². The van der Waals surface area contributed by atoms with E-state index >= 15 is 0 Å². The highest BCUT2D eigenvalue weighted by molar-refractivity contribution is 7.88. The van der Waals surface area contributed by atoms with E-state index in [1.54, 1.807) is 24.3 Å². The topological polar surface area (TPSA) is 72.2 Å². The first-order valence-corrected chi connectivity index (χ1v) is 9.21. The lowest BCUT2D eigenvalue weighted by Crippen LogP contribution is -2.25. The number of thiophene rings is 1. The highest BCUT2D eigenvalue weighted by Gasteiger charge is 2.15. The largest absolute Gasteiger partial charge is 0.389 e. The van der Waals surface area contributed by atoms with Crippen molar-refractivity contribution in [2.75, 3.05) is 0 Å². The van der Waals surface area contributed by atoms with Crippen LogP contribution >= 0.6 is 23.6 Å². The smallest absolute Gasteiger partial charge is 0.216 e. The fourth-order valence-electron chi connectivity index (χ4n) is 1.90. The molecule has 0 radical (unpaired) electrons. The normalized spacial score (nSPS) is 11.5. The van der Waals surface area contributed by atoms with Crippen molar-refractivity contribution in [3.8, 4) is 0 Å². The standard InChI is InChI=1S/C14H16N2O2S3/c1-10-6-7-20-13(10)8-16-21(17,18)9-11-4-2-3-5-12(11)14(15)19/h2-7,16H,8-9H2,1H3,(H2,15,19). The Kier molecular flexibility index (Phi) is 5.10. The molecule has 1 aromatic carbocycles. The van der Waals surface area contributed by atoms with Crippen LogP contribution in [0.2, 0.25) is 0 Å². The summed E-state index contributed by atoms with van der Waals surface area (Å²) in [7, 11) is -3.44. The Hall–Kier alpha value is -1.28. The minimum Gasteiger partial charge on any atom is -0.389 e. The van der Waals surface area contributed by atoms with Gasteiger partial charge in [0.25, 0.3) is 0 Å². The number of thiocarbonyl (C=S) groups is 1. The highest BCUT2D eigenvalue weighted by atomic mass is 32.2. The summed E-state index contributed by atoms with van der Waals surface area (Å²) < 4.78 is 27.0. The van der Waals surface area contributed by atoms with Crippen molar-refractivity contribution in [3.05, 3.63) is 57.3 Å². The summed E-state index contributed by atoms with van der Waals surface area (Å²) in [5, 5.41) is 1.95. The lowest BCUT2D eigenvalue weighted by molar-refractivity contribution is 0.581. The van der Waals surface area contributed by atoms with Crippen LogP contribution in [0.5, 0.6) is 0 Å². The van der Waals surface area contributed by atoms with Crippen LogP contribution in [0, 0.1) is 6.92 Å². The van der Waals surface area contributed by atoms with Gasteiger partial charge in [0.05, 0.1) is 5.75 Å². The Morgan fingerprint density at radius 3 is 2.67 bits per heavy atom. The molecule has 0 aliphatic rings. The molecule has 0 amide bonds. The number of nitrogens with two attached hydrogens (primary N) is 1. The first-order chi connectivity index (χ1) is 9.89. The van der Waals surface area contributed by atoms with E-state index in [4.69, 9.17) is 18.0 Å². The number of aryl methyl sites for hydroxylation is 1. The second kappa shape index (κ2) is 6.65. The molecule has 0 aliphatic heterocycles. The van der Waals surface area contributed by atoms with Gasteiger partial charge in [-0.2, -0.15) is 0 Å². The predicted octanol–water partition coefficient (Wildman–Crippen LogP) is 2.31. The number of sulfonamides is 1. The van der Waals surface area contributed by atoms with Crippen molar-refractivity contribution in [2.24, 2.45) is 5.73 Å². The van der Waals surface area contributed by atoms with Crippen molar-refractivity contribution in [2.45, 2.75) is 19.2 Å². The number of benzene rings is 1. The molecule has 0 saturated carbocycles. The highest BCUT2D eigenvalue weighted by Crippen LogP contribution is 2.16. The zero-order valence-corrected chi connectivity index (χ0v) is 13.9. The van der Waals surface area contributed by atoms with Crippen LogP contribution in [0.4, 0.5) is 0 Å². The molecule has 4 nitrogen and oxygen atoms in total. The molecule has 112 valence electrons. The molecule has 7 heteroatoms. The van der Waals surface area contributed by atoms with E-state index < -0.39 is 10.0 Å². The van der Waals surface area contributed by atoms with Crippen LogP contribution in [0.1, 0.15) is 21.6 Å². The zero-order chi connectivity index (χ0) is 15.5. The van der Waals surface area contributed by atoms with E-state index in [0.29, 0.717) is 17.7 Å². The molecule has 2 aromatic rings. The lowest BCUT2D eigenvalue weighted by atomic mass is 10.1. The average molecular weight is 340 g/mol. The average Bonchev–Trinajstić information content (AvgIpc) is 2.82. The van der Waals surface area contributed by atoms with Crippen molar-refractivity contribution < 1.29 is 8.42 Å². The second-order valence-electron chi connectivity index (χ2n) is 4.63. The van der Waals surface area contributed by atoms with Gasteiger partial charge in [-0.05, 0) is 29.5 Å². The number of rotatable bonds is 6. The van der Waals surface area contributed by atoms with Crippen LogP contribution < -0.4 is 10.5 Å². The molecule has 0 saturated heterocycles. The van der Waals surface area contributed by atoms with Gasteiger partial charge >= 0.3 is 0 Å². The molecular formula is C14H16N2O2S3. The third kappa shape index (κ3) is 4.34. The van der Waals surface area contributed by atoms with Gasteiger partial charge in [-0.25, -0.2) is 13.1 Å². The Morgan fingerprint density at radius 1 is 1.33 bits per heavy atom. The SMILES string of the molecule is Cc1ccsc1CNS(=O)(=O)Cc1ccccc1C(N)=S. The van der Waals surface area contributed by atoms with Crippen molar-refractivity contribution in [1.29, 1.82) is 0 Å². The zero-order valence-electron chi connectivity index (χ0n) is 11.5. The Labute approximate surface area is 134 Å². The number of hydrogen-bond acceptors (Lipinski definition) is 4. The van der Waals surface area contributed by atoms with Crippen LogP contribution in [-0.4, -0.2) is 13.4 Å². The van der Waals surface area contributed by atoms with Crippen LogP contribution in [0.25, 0.3) is 0 Å². The Bertz CT molecular complexity index is 751. The molecule has 0 spiro atoms. The maximum Gasteiger partial charge on any atom is 0.216 e.